The zero-order valence-electron chi connectivity index (χ0n) is 7.21. The van der Waals surface area contributed by atoms with Gasteiger partial charge in [-0.15, -0.1) is 0 Å². The predicted octanol–water partition coefficient (Wildman–Crippen LogP) is 1.74. The average Bonchev–Trinajstić information content (AvgIpc) is 2.30. The molecular weight excluding hydrogens is 147 g/mol. The number of ether oxygens (including phenoxy) is 2. The first-order valence-electron chi connectivity index (χ1n) is 4.03. The molecule has 1 heterocycles. The van der Waals surface area contributed by atoms with Gasteiger partial charge in [-0.2, -0.15) is 0 Å². The van der Waals surface area contributed by atoms with E-state index in [-0.39, 0.29) is 12.0 Å². The van der Waals surface area contributed by atoms with Crippen LogP contribution in [0.5, 0.6) is 0 Å². The predicted molar refractivity (Wildman–Crippen MR) is 40.0 cm³/mol. The Hall–Kier alpha value is -0.150. The first-order valence-corrected chi connectivity index (χ1v) is 4.03. The number of hydrogen-bond acceptors (Lipinski definition) is 2. The van der Waals surface area contributed by atoms with Gasteiger partial charge in [0, 0.05) is 13.0 Å². The Morgan fingerprint density at radius 2 is 2.18 bits per heavy atom. The minimum absolute atomic E-state index is 0.0231. The molecular formula is C8H15FO2. The van der Waals surface area contributed by atoms with Crippen molar-refractivity contribution in [3.8, 4) is 0 Å². The third kappa shape index (κ3) is 1.54. The lowest BCUT2D eigenvalue weighted by atomic mass is 10.0. The monoisotopic (exact) mass is 162 g/mol. The fourth-order valence-electron chi connectivity index (χ4n) is 1.48. The summed E-state index contributed by atoms with van der Waals surface area (Å²) in [6.45, 7) is 3.85. The van der Waals surface area contributed by atoms with Crippen molar-refractivity contribution in [2.45, 2.75) is 38.8 Å². The van der Waals surface area contributed by atoms with E-state index in [4.69, 9.17) is 9.47 Å². The molecule has 0 aromatic carbocycles. The maximum atomic E-state index is 13.2. The fourth-order valence-corrected chi connectivity index (χ4v) is 1.48. The van der Waals surface area contributed by atoms with Gasteiger partial charge >= 0.3 is 0 Å². The Bertz CT molecular complexity index is 111. The van der Waals surface area contributed by atoms with Crippen LogP contribution >= 0.6 is 0 Å². The van der Waals surface area contributed by atoms with Crippen LogP contribution in [-0.2, 0) is 9.47 Å². The van der Waals surface area contributed by atoms with Crippen molar-refractivity contribution in [3.05, 3.63) is 0 Å². The third-order valence-electron chi connectivity index (χ3n) is 2.29. The van der Waals surface area contributed by atoms with Crippen LogP contribution in [-0.4, -0.2) is 25.7 Å². The van der Waals surface area contributed by atoms with Crippen molar-refractivity contribution in [2.24, 2.45) is 5.92 Å². The molecule has 3 heteroatoms. The van der Waals surface area contributed by atoms with Crippen LogP contribution < -0.4 is 0 Å². The van der Waals surface area contributed by atoms with Crippen molar-refractivity contribution in [1.82, 2.24) is 0 Å². The highest BCUT2D eigenvalue weighted by molar-refractivity contribution is 4.82. The van der Waals surface area contributed by atoms with Gasteiger partial charge in [-0.25, -0.2) is 4.39 Å². The average molecular weight is 162 g/mol. The highest BCUT2D eigenvalue weighted by Crippen LogP contribution is 2.31. The van der Waals surface area contributed by atoms with Crippen LogP contribution in [0.4, 0.5) is 4.39 Å². The van der Waals surface area contributed by atoms with Crippen LogP contribution in [0.25, 0.3) is 0 Å². The second kappa shape index (κ2) is 3.50. The standard InChI is InChI=1S/C8H15FO2/c1-4-6-5(2)7(9)8(10-3)11-6/h5-8H,4H2,1-3H3/t5-,6-,7-,8-/m1/s1. The highest BCUT2D eigenvalue weighted by atomic mass is 19.1. The van der Waals surface area contributed by atoms with Gasteiger partial charge in [0.25, 0.3) is 0 Å². The molecule has 0 bridgehead atoms. The summed E-state index contributed by atoms with van der Waals surface area (Å²) in [7, 11) is 1.47. The van der Waals surface area contributed by atoms with Crippen molar-refractivity contribution in [2.75, 3.05) is 7.11 Å². The van der Waals surface area contributed by atoms with Crippen LogP contribution in [0, 0.1) is 5.92 Å². The molecule has 1 aliphatic heterocycles. The molecule has 4 atom stereocenters. The molecule has 0 aliphatic carbocycles. The second-order valence-electron chi connectivity index (χ2n) is 2.99. The molecule has 2 nitrogen and oxygen atoms in total. The summed E-state index contributed by atoms with van der Waals surface area (Å²) in [5.74, 6) is -0.0371. The van der Waals surface area contributed by atoms with E-state index in [1.165, 1.54) is 7.11 Å². The summed E-state index contributed by atoms with van der Waals surface area (Å²) >= 11 is 0. The fraction of sp³-hybridized carbons (Fsp3) is 1.00. The van der Waals surface area contributed by atoms with E-state index in [0.29, 0.717) is 0 Å². The van der Waals surface area contributed by atoms with Gasteiger partial charge in [0.2, 0.25) is 0 Å². The molecule has 1 rings (SSSR count). The van der Waals surface area contributed by atoms with E-state index in [0.717, 1.165) is 6.42 Å². The number of alkyl halides is 1. The number of rotatable bonds is 2. The van der Waals surface area contributed by atoms with Gasteiger partial charge in [0.1, 0.15) is 0 Å². The quantitative estimate of drug-likeness (QED) is 0.615. The lowest BCUT2D eigenvalue weighted by Crippen LogP contribution is -2.22. The molecule has 0 saturated carbocycles. The Morgan fingerprint density at radius 3 is 2.45 bits per heavy atom. The summed E-state index contributed by atoms with van der Waals surface area (Å²) < 4.78 is 23.3. The van der Waals surface area contributed by atoms with E-state index < -0.39 is 12.5 Å². The molecule has 0 spiro atoms. The van der Waals surface area contributed by atoms with E-state index in [2.05, 4.69) is 0 Å². The highest BCUT2D eigenvalue weighted by Gasteiger charge is 2.41. The first kappa shape index (κ1) is 8.94. The lowest BCUT2D eigenvalue weighted by Gasteiger charge is -2.10. The van der Waals surface area contributed by atoms with Crippen molar-refractivity contribution in [1.29, 1.82) is 0 Å². The molecule has 1 aliphatic rings. The Morgan fingerprint density at radius 1 is 1.55 bits per heavy atom. The number of methoxy groups -OCH3 is 1. The van der Waals surface area contributed by atoms with Gasteiger partial charge in [-0.1, -0.05) is 13.8 Å². The summed E-state index contributed by atoms with van der Waals surface area (Å²) in [5.41, 5.74) is 0. The second-order valence-corrected chi connectivity index (χ2v) is 2.99. The van der Waals surface area contributed by atoms with Gasteiger partial charge in [0.15, 0.2) is 12.5 Å². The number of hydrogen-bond donors (Lipinski definition) is 0. The molecule has 0 N–H and O–H groups in total. The SMILES string of the molecule is CC[C@H]1O[C@@H](OC)[C@H](F)[C@@H]1C. The summed E-state index contributed by atoms with van der Waals surface area (Å²) in [6, 6.07) is 0. The van der Waals surface area contributed by atoms with E-state index >= 15 is 0 Å². The molecule has 11 heavy (non-hydrogen) atoms. The van der Waals surface area contributed by atoms with Crippen molar-refractivity contribution >= 4 is 0 Å². The van der Waals surface area contributed by atoms with Crippen molar-refractivity contribution < 1.29 is 13.9 Å². The smallest absolute Gasteiger partial charge is 0.189 e. The number of halogens is 1. The minimum Gasteiger partial charge on any atom is -0.353 e. The van der Waals surface area contributed by atoms with Gasteiger partial charge < -0.3 is 9.47 Å². The zero-order chi connectivity index (χ0) is 8.43. The summed E-state index contributed by atoms with van der Waals surface area (Å²) in [4.78, 5) is 0. The van der Waals surface area contributed by atoms with Crippen LogP contribution in [0.15, 0.2) is 0 Å². The van der Waals surface area contributed by atoms with Gasteiger partial charge in [-0.05, 0) is 6.42 Å². The molecule has 1 saturated heterocycles. The lowest BCUT2D eigenvalue weighted by molar-refractivity contribution is -0.135. The Labute approximate surface area is 66.7 Å². The van der Waals surface area contributed by atoms with Crippen molar-refractivity contribution in [3.63, 3.8) is 0 Å². The zero-order valence-corrected chi connectivity index (χ0v) is 7.21. The minimum atomic E-state index is -0.968. The van der Waals surface area contributed by atoms with E-state index in [9.17, 15) is 4.39 Å². The Kier molecular flexibility index (Phi) is 2.84. The molecule has 0 radical (unpaired) electrons. The third-order valence-corrected chi connectivity index (χ3v) is 2.29. The maximum Gasteiger partial charge on any atom is 0.189 e. The molecule has 0 aromatic rings. The first-order chi connectivity index (χ1) is 5.20. The van der Waals surface area contributed by atoms with Gasteiger partial charge in [0.05, 0.1) is 6.10 Å². The van der Waals surface area contributed by atoms with Crippen LogP contribution in [0.2, 0.25) is 0 Å². The summed E-state index contributed by atoms with van der Waals surface area (Å²) in [6.07, 6.45) is -0.739. The molecule has 66 valence electrons. The van der Waals surface area contributed by atoms with Gasteiger partial charge in [-0.3, -0.25) is 0 Å². The molecule has 0 unspecified atom stereocenters. The normalized spacial score (nSPS) is 44.7. The molecule has 1 fully saturated rings. The Balaban J connectivity index is 2.53. The molecule has 0 amide bonds. The molecule has 0 aromatic heterocycles. The van der Waals surface area contributed by atoms with E-state index in [1.807, 2.05) is 13.8 Å². The van der Waals surface area contributed by atoms with Crippen LogP contribution in [0.3, 0.4) is 0 Å². The van der Waals surface area contributed by atoms with E-state index in [1.54, 1.807) is 0 Å². The van der Waals surface area contributed by atoms with Crippen LogP contribution in [0.1, 0.15) is 20.3 Å². The maximum absolute atomic E-state index is 13.2. The topological polar surface area (TPSA) is 18.5 Å². The largest absolute Gasteiger partial charge is 0.353 e. The summed E-state index contributed by atoms with van der Waals surface area (Å²) in [5, 5.41) is 0.